The highest BCUT2D eigenvalue weighted by Gasteiger charge is 2.30. The number of Topliss-reactive ketones (excluding diaryl/α,β-unsaturated/α-hetero) is 1. The average Bonchev–Trinajstić information content (AvgIpc) is 2.38. The lowest BCUT2D eigenvalue weighted by molar-refractivity contribution is -0.154. The minimum atomic E-state index is -0.773. The molecule has 0 atom stereocenters. The number of hydrogen-bond donors (Lipinski definition) is 0. The monoisotopic (exact) mass is 264 g/mol. The van der Waals surface area contributed by atoms with Crippen molar-refractivity contribution >= 4 is 11.8 Å². The minimum absolute atomic E-state index is 0.0895. The number of carbonyl (C=O) groups excluding carboxylic acids is 2. The normalized spacial score (nSPS) is 10.9. The van der Waals surface area contributed by atoms with Gasteiger partial charge in [-0.05, 0) is 13.0 Å². The van der Waals surface area contributed by atoms with E-state index in [0.29, 0.717) is 5.75 Å². The van der Waals surface area contributed by atoms with Crippen LogP contribution in [0.3, 0.4) is 0 Å². The van der Waals surface area contributed by atoms with Gasteiger partial charge in [-0.3, -0.25) is 4.79 Å². The summed E-state index contributed by atoms with van der Waals surface area (Å²) in [7, 11) is 1.59. The Hall–Kier alpha value is -1.84. The molecule has 1 aromatic carbocycles. The first-order chi connectivity index (χ1) is 8.92. The average molecular weight is 264 g/mol. The van der Waals surface area contributed by atoms with Crippen LogP contribution < -0.4 is 4.74 Å². The summed E-state index contributed by atoms with van der Waals surface area (Å²) in [4.78, 5) is 23.2. The molecule has 0 N–H and O–H groups in total. The molecule has 4 heteroatoms. The second-order valence-corrected chi connectivity index (χ2v) is 4.90. The van der Waals surface area contributed by atoms with Gasteiger partial charge in [0.15, 0.2) is 0 Å². The summed E-state index contributed by atoms with van der Waals surface area (Å²) >= 11 is 0. The molecule has 104 valence electrons. The van der Waals surface area contributed by atoms with E-state index in [1.54, 1.807) is 14.0 Å². The first-order valence-electron chi connectivity index (χ1n) is 6.25. The first kappa shape index (κ1) is 15.2. The number of carbonyl (C=O) groups is 2. The van der Waals surface area contributed by atoms with Crippen LogP contribution in [0.2, 0.25) is 0 Å². The van der Waals surface area contributed by atoms with Crippen LogP contribution in [0.15, 0.2) is 24.3 Å². The quantitative estimate of drug-likeness (QED) is 0.585. The summed E-state index contributed by atoms with van der Waals surface area (Å²) in [6.45, 7) is 5.69. The first-order valence-corrected chi connectivity index (χ1v) is 6.25. The van der Waals surface area contributed by atoms with Crippen molar-refractivity contribution in [3.63, 3.8) is 0 Å². The van der Waals surface area contributed by atoms with Gasteiger partial charge in [-0.2, -0.15) is 0 Å². The number of methoxy groups -OCH3 is 1. The molecule has 0 bridgehead atoms. The van der Waals surface area contributed by atoms with Crippen LogP contribution in [-0.4, -0.2) is 25.5 Å². The molecule has 1 rings (SSSR count). The van der Waals surface area contributed by atoms with Crippen molar-refractivity contribution in [3.8, 4) is 5.75 Å². The molecule has 0 spiro atoms. The van der Waals surface area contributed by atoms with Crippen molar-refractivity contribution in [1.82, 2.24) is 0 Å². The van der Waals surface area contributed by atoms with Crippen LogP contribution in [0.25, 0.3) is 0 Å². The minimum Gasteiger partial charge on any atom is -0.496 e. The number of ketones is 1. The van der Waals surface area contributed by atoms with Gasteiger partial charge < -0.3 is 9.47 Å². The molecule has 0 fully saturated rings. The summed E-state index contributed by atoms with van der Waals surface area (Å²) in [5.41, 5.74) is 0.409. The molecular formula is C15H20O4. The third kappa shape index (κ3) is 3.81. The summed E-state index contributed by atoms with van der Waals surface area (Å²) in [5.74, 6) is -0.576. The Morgan fingerprint density at radius 3 is 2.42 bits per heavy atom. The second-order valence-electron chi connectivity index (χ2n) is 4.90. The van der Waals surface area contributed by atoms with Gasteiger partial charge in [0.2, 0.25) is 5.78 Å². The zero-order chi connectivity index (χ0) is 14.5. The Balaban J connectivity index is 2.91. The van der Waals surface area contributed by atoms with Gasteiger partial charge >= 0.3 is 5.97 Å². The SMILES string of the molecule is CCOC(=O)C(=O)CC(C)(C)c1ccccc1OC. The van der Waals surface area contributed by atoms with Crippen LogP contribution in [0.5, 0.6) is 5.75 Å². The molecule has 0 aliphatic rings. The van der Waals surface area contributed by atoms with E-state index in [1.807, 2.05) is 38.1 Å². The maximum atomic E-state index is 11.8. The largest absolute Gasteiger partial charge is 0.496 e. The number of esters is 1. The molecule has 0 radical (unpaired) electrons. The molecule has 4 nitrogen and oxygen atoms in total. The Bertz CT molecular complexity index is 463. The van der Waals surface area contributed by atoms with Gasteiger partial charge in [-0.1, -0.05) is 32.0 Å². The Kier molecular flexibility index (Phi) is 5.10. The van der Waals surface area contributed by atoms with E-state index in [1.165, 1.54) is 0 Å². The summed E-state index contributed by atoms with van der Waals surface area (Å²) < 4.78 is 10.0. The molecule has 0 aromatic heterocycles. The van der Waals surface area contributed by atoms with Crippen LogP contribution in [0, 0.1) is 0 Å². The maximum Gasteiger partial charge on any atom is 0.374 e. The van der Waals surface area contributed by atoms with Gasteiger partial charge in [-0.15, -0.1) is 0 Å². The van der Waals surface area contributed by atoms with Crippen molar-refractivity contribution in [2.75, 3.05) is 13.7 Å². The van der Waals surface area contributed by atoms with Crippen molar-refractivity contribution < 1.29 is 19.1 Å². The fourth-order valence-electron chi connectivity index (χ4n) is 1.98. The lowest BCUT2D eigenvalue weighted by atomic mass is 9.79. The number of ether oxygens (including phenoxy) is 2. The van der Waals surface area contributed by atoms with E-state index in [-0.39, 0.29) is 13.0 Å². The Morgan fingerprint density at radius 2 is 1.84 bits per heavy atom. The van der Waals surface area contributed by atoms with Gasteiger partial charge in [0.25, 0.3) is 0 Å². The zero-order valence-electron chi connectivity index (χ0n) is 11.9. The van der Waals surface area contributed by atoms with Crippen LogP contribution in [0.1, 0.15) is 32.8 Å². The van der Waals surface area contributed by atoms with Gasteiger partial charge in [-0.25, -0.2) is 4.79 Å². The molecule has 1 aromatic rings. The van der Waals surface area contributed by atoms with Crippen LogP contribution in [0.4, 0.5) is 0 Å². The molecule has 0 saturated carbocycles. The lowest BCUT2D eigenvalue weighted by Crippen LogP contribution is -2.28. The molecule has 19 heavy (non-hydrogen) atoms. The third-order valence-electron chi connectivity index (χ3n) is 2.94. The van der Waals surface area contributed by atoms with Crippen molar-refractivity contribution in [1.29, 1.82) is 0 Å². The van der Waals surface area contributed by atoms with Gasteiger partial charge in [0.05, 0.1) is 13.7 Å². The van der Waals surface area contributed by atoms with Crippen molar-refractivity contribution in [3.05, 3.63) is 29.8 Å². The number of rotatable bonds is 6. The second kappa shape index (κ2) is 6.36. The number of hydrogen-bond acceptors (Lipinski definition) is 4. The summed E-state index contributed by atoms with van der Waals surface area (Å²) in [6, 6.07) is 7.49. The number of para-hydroxylation sites is 1. The van der Waals surface area contributed by atoms with E-state index in [2.05, 4.69) is 0 Å². The van der Waals surface area contributed by atoms with E-state index in [9.17, 15) is 9.59 Å². The standard InChI is InChI=1S/C15H20O4/c1-5-19-14(17)12(16)10-15(2,3)11-8-6-7-9-13(11)18-4/h6-9H,5,10H2,1-4H3. The van der Waals surface area contributed by atoms with Gasteiger partial charge in [0.1, 0.15) is 5.75 Å². The molecule has 0 heterocycles. The van der Waals surface area contributed by atoms with E-state index in [0.717, 1.165) is 5.56 Å². The Labute approximate surface area is 113 Å². The lowest BCUT2D eigenvalue weighted by Gasteiger charge is -2.25. The molecule has 0 unspecified atom stereocenters. The highest BCUT2D eigenvalue weighted by molar-refractivity contribution is 6.33. The number of benzene rings is 1. The fraction of sp³-hybridized carbons (Fsp3) is 0.467. The van der Waals surface area contributed by atoms with E-state index in [4.69, 9.17) is 9.47 Å². The predicted molar refractivity (Wildman–Crippen MR) is 72.3 cm³/mol. The molecule has 0 saturated heterocycles. The molecule has 0 aliphatic heterocycles. The predicted octanol–water partition coefficient (Wildman–Crippen LogP) is 2.50. The van der Waals surface area contributed by atoms with Crippen molar-refractivity contribution in [2.45, 2.75) is 32.6 Å². The summed E-state index contributed by atoms with van der Waals surface area (Å²) in [6.07, 6.45) is 0.0895. The molecule has 0 aliphatic carbocycles. The highest BCUT2D eigenvalue weighted by atomic mass is 16.5. The molecule has 0 amide bonds. The van der Waals surface area contributed by atoms with Gasteiger partial charge in [0, 0.05) is 17.4 Å². The van der Waals surface area contributed by atoms with Crippen LogP contribution >= 0.6 is 0 Å². The fourth-order valence-corrected chi connectivity index (χ4v) is 1.98. The molecular weight excluding hydrogens is 244 g/mol. The maximum absolute atomic E-state index is 11.8. The zero-order valence-corrected chi connectivity index (χ0v) is 11.9. The smallest absolute Gasteiger partial charge is 0.374 e. The van der Waals surface area contributed by atoms with E-state index < -0.39 is 17.2 Å². The summed E-state index contributed by atoms with van der Waals surface area (Å²) in [5, 5.41) is 0. The third-order valence-corrected chi connectivity index (χ3v) is 2.94. The van der Waals surface area contributed by atoms with E-state index >= 15 is 0 Å². The Morgan fingerprint density at radius 1 is 1.21 bits per heavy atom. The highest BCUT2D eigenvalue weighted by Crippen LogP contribution is 2.34. The van der Waals surface area contributed by atoms with Crippen LogP contribution in [-0.2, 0) is 19.7 Å². The topological polar surface area (TPSA) is 52.6 Å². The van der Waals surface area contributed by atoms with Crippen molar-refractivity contribution in [2.24, 2.45) is 0 Å².